The van der Waals surface area contributed by atoms with Gasteiger partial charge in [0.15, 0.2) is 6.20 Å². The van der Waals surface area contributed by atoms with Gasteiger partial charge in [-0.2, -0.15) is 9.04 Å². The van der Waals surface area contributed by atoms with Gasteiger partial charge in [0, 0.05) is 72.5 Å². The Hall–Kier alpha value is -4.07. The smallest absolute Gasteiger partial charge is 0.292 e. The van der Waals surface area contributed by atoms with Crippen LogP contribution >= 0.6 is 11.6 Å². The number of carbonyl (C=O) groups is 2. The zero-order chi connectivity index (χ0) is 28.7. The predicted octanol–water partition coefficient (Wildman–Crippen LogP) is 2.10. The van der Waals surface area contributed by atoms with E-state index in [1.807, 2.05) is 0 Å². The molecular weight excluding hydrogens is 570 g/mol. The van der Waals surface area contributed by atoms with E-state index in [0.29, 0.717) is 31.9 Å². The molecule has 1 aliphatic carbocycles. The van der Waals surface area contributed by atoms with Crippen LogP contribution in [-0.2, 0) is 14.8 Å². The number of fused-ring (bicyclic) bond motifs is 1. The quantitative estimate of drug-likeness (QED) is 0.245. The highest BCUT2D eigenvalue weighted by Crippen LogP contribution is 2.27. The van der Waals surface area contributed by atoms with Crippen LogP contribution < -0.4 is 10.0 Å². The molecule has 0 spiro atoms. The van der Waals surface area contributed by atoms with E-state index in [4.69, 9.17) is 11.6 Å². The summed E-state index contributed by atoms with van der Waals surface area (Å²) in [7, 11) is -3.97. The van der Waals surface area contributed by atoms with Crippen molar-refractivity contribution in [3.05, 3.63) is 77.1 Å². The van der Waals surface area contributed by atoms with Crippen molar-refractivity contribution in [2.45, 2.75) is 36.4 Å². The molecule has 4 aromatic rings. The van der Waals surface area contributed by atoms with Gasteiger partial charge in [-0.1, -0.05) is 11.6 Å². The van der Waals surface area contributed by atoms with E-state index in [0.717, 1.165) is 12.8 Å². The SMILES string of the molecule is O=C(CC1CN(S(=O)(=O)c2cc3cc(Cl)ccc3[nH]2)CCN1C(=O)c1ncc(-c2cccc[n+]2[O-])cn1)NC1CC1. The fourth-order valence-electron chi connectivity index (χ4n) is 4.92. The molecule has 2 aliphatic rings. The van der Waals surface area contributed by atoms with Crippen LogP contribution in [0.25, 0.3) is 22.2 Å². The number of piperazine rings is 1. The minimum Gasteiger partial charge on any atom is -0.618 e. The Morgan fingerprint density at radius 1 is 1.12 bits per heavy atom. The molecule has 1 aromatic carbocycles. The average Bonchev–Trinajstić information content (AvgIpc) is 3.67. The highest BCUT2D eigenvalue weighted by Gasteiger charge is 2.39. The molecule has 1 atom stereocenters. The molecule has 2 amide bonds. The van der Waals surface area contributed by atoms with Crippen LogP contribution in [0.15, 0.2) is 66.1 Å². The van der Waals surface area contributed by atoms with Crippen molar-refractivity contribution < 1.29 is 22.7 Å². The first kappa shape index (κ1) is 27.1. The number of nitrogens with zero attached hydrogens (tertiary/aromatic N) is 5. The number of hydrogen-bond donors (Lipinski definition) is 2. The molecule has 1 unspecified atom stereocenters. The van der Waals surface area contributed by atoms with Gasteiger partial charge in [-0.15, -0.1) is 0 Å². The highest BCUT2D eigenvalue weighted by molar-refractivity contribution is 7.89. The largest absolute Gasteiger partial charge is 0.618 e. The molecule has 14 heteroatoms. The normalized spacial score (nSPS) is 18.0. The molecule has 1 saturated carbocycles. The Labute approximate surface area is 240 Å². The summed E-state index contributed by atoms with van der Waals surface area (Å²) in [6.07, 6.45) is 5.85. The highest BCUT2D eigenvalue weighted by atomic mass is 35.5. The number of hydrogen-bond acceptors (Lipinski definition) is 7. The van der Waals surface area contributed by atoms with Gasteiger partial charge < -0.3 is 20.4 Å². The monoisotopic (exact) mass is 595 g/mol. The van der Waals surface area contributed by atoms with Crippen molar-refractivity contribution in [3.8, 4) is 11.3 Å². The second-order valence-electron chi connectivity index (χ2n) is 10.1. The molecule has 2 fully saturated rings. The molecule has 41 heavy (non-hydrogen) atoms. The summed E-state index contributed by atoms with van der Waals surface area (Å²) in [4.78, 5) is 39.1. The number of carbonyl (C=O) groups excluding carboxylic acids is 2. The van der Waals surface area contributed by atoms with E-state index >= 15 is 0 Å². The van der Waals surface area contributed by atoms with Crippen LogP contribution in [0.3, 0.4) is 0 Å². The van der Waals surface area contributed by atoms with Crippen molar-refractivity contribution in [3.63, 3.8) is 0 Å². The predicted molar refractivity (Wildman–Crippen MR) is 149 cm³/mol. The van der Waals surface area contributed by atoms with Gasteiger partial charge >= 0.3 is 0 Å². The van der Waals surface area contributed by atoms with Gasteiger partial charge in [-0.25, -0.2) is 18.4 Å². The zero-order valence-electron chi connectivity index (χ0n) is 21.7. The van der Waals surface area contributed by atoms with E-state index in [-0.39, 0.29) is 48.9 Å². The van der Waals surface area contributed by atoms with Gasteiger partial charge in [0.2, 0.25) is 17.4 Å². The number of H-pyrrole nitrogens is 1. The Balaban J connectivity index is 1.24. The van der Waals surface area contributed by atoms with Gasteiger partial charge in [0.25, 0.3) is 15.9 Å². The van der Waals surface area contributed by atoms with Gasteiger partial charge in [0.05, 0.1) is 11.6 Å². The van der Waals surface area contributed by atoms with Gasteiger partial charge in [0.1, 0.15) is 5.03 Å². The summed E-state index contributed by atoms with van der Waals surface area (Å²) in [5.41, 5.74) is 1.40. The van der Waals surface area contributed by atoms with Crippen LogP contribution in [0.5, 0.6) is 0 Å². The zero-order valence-corrected chi connectivity index (χ0v) is 23.3. The Bertz CT molecular complexity index is 1740. The van der Waals surface area contributed by atoms with Crippen LogP contribution in [0.2, 0.25) is 5.02 Å². The minimum absolute atomic E-state index is 0.00571. The summed E-state index contributed by atoms with van der Waals surface area (Å²) >= 11 is 6.07. The summed E-state index contributed by atoms with van der Waals surface area (Å²) in [5.74, 6) is -0.894. The molecule has 0 bridgehead atoms. The number of amides is 2. The first-order chi connectivity index (χ1) is 19.7. The summed E-state index contributed by atoms with van der Waals surface area (Å²) in [5, 5.41) is 16.1. The topological polar surface area (TPSA) is 155 Å². The number of nitrogens with one attached hydrogen (secondary N) is 2. The third-order valence-corrected chi connectivity index (χ3v) is 9.23. The average molecular weight is 596 g/mol. The van der Waals surface area contributed by atoms with E-state index in [2.05, 4.69) is 20.3 Å². The molecule has 6 rings (SSSR count). The number of rotatable bonds is 7. The Morgan fingerprint density at radius 2 is 1.90 bits per heavy atom. The van der Waals surface area contributed by atoms with Crippen LogP contribution in [0.4, 0.5) is 0 Å². The number of aromatic nitrogens is 4. The van der Waals surface area contributed by atoms with E-state index in [9.17, 15) is 23.2 Å². The van der Waals surface area contributed by atoms with Crippen LogP contribution in [0, 0.1) is 5.21 Å². The number of halogens is 1. The molecule has 0 radical (unpaired) electrons. The lowest BCUT2D eigenvalue weighted by atomic mass is 10.1. The fraction of sp³-hybridized carbons (Fsp3) is 0.296. The fourth-order valence-corrected chi connectivity index (χ4v) is 6.59. The lowest BCUT2D eigenvalue weighted by Crippen LogP contribution is -2.57. The van der Waals surface area contributed by atoms with Gasteiger partial charge in [-0.05, 0) is 43.2 Å². The van der Waals surface area contributed by atoms with Crippen molar-refractivity contribution in [2.75, 3.05) is 19.6 Å². The first-order valence-corrected chi connectivity index (χ1v) is 14.9. The molecule has 12 nitrogen and oxygen atoms in total. The third kappa shape index (κ3) is 5.60. The molecular formula is C27H26ClN7O5S. The van der Waals surface area contributed by atoms with Crippen molar-refractivity contribution >= 4 is 44.3 Å². The standard InChI is InChI=1S/C27H26ClN7O5S/c28-19-4-7-22-17(11-19)12-25(32-22)41(39,40)33-9-10-34(21(16-33)13-24(36)31-20-5-6-20)27(37)26-29-14-18(15-30-26)23-3-1-2-8-35(23)38/h1-4,7-8,11-12,14-15,20-21,32H,5-6,9-10,13,16H2,(H,31,36). The van der Waals surface area contributed by atoms with Crippen molar-refractivity contribution in [1.29, 1.82) is 0 Å². The summed E-state index contributed by atoms with van der Waals surface area (Å²) in [6.45, 7) is -0.0281. The number of pyridine rings is 1. The minimum atomic E-state index is -3.97. The summed E-state index contributed by atoms with van der Waals surface area (Å²) in [6, 6.07) is 10.9. The number of aromatic amines is 1. The maximum Gasteiger partial charge on any atom is 0.292 e. The molecule has 4 heterocycles. The van der Waals surface area contributed by atoms with E-state index in [1.165, 1.54) is 33.9 Å². The molecule has 2 N–H and O–H groups in total. The Kier molecular flexibility index (Phi) is 7.09. The van der Waals surface area contributed by atoms with Crippen LogP contribution in [0.1, 0.15) is 29.9 Å². The molecule has 1 saturated heterocycles. The van der Waals surface area contributed by atoms with Crippen molar-refractivity contribution in [1.82, 2.24) is 29.5 Å². The number of sulfonamides is 1. The lowest BCUT2D eigenvalue weighted by Gasteiger charge is -2.40. The lowest BCUT2D eigenvalue weighted by molar-refractivity contribution is -0.593. The van der Waals surface area contributed by atoms with Gasteiger partial charge in [-0.3, -0.25) is 9.59 Å². The molecule has 212 valence electrons. The third-order valence-electron chi connectivity index (χ3n) is 7.21. The molecule has 3 aromatic heterocycles. The van der Waals surface area contributed by atoms with E-state index in [1.54, 1.807) is 36.4 Å². The maximum absolute atomic E-state index is 13.6. The second-order valence-corrected chi connectivity index (χ2v) is 12.5. The maximum atomic E-state index is 13.6. The second kappa shape index (κ2) is 10.7. The number of benzene rings is 1. The molecule has 1 aliphatic heterocycles. The van der Waals surface area contributed by atoms with Crippen molar-refractivity contribution in [2.24, 2.45) is 0 Å². The van der Waals surface area contributed by atoms with Crippen LogP contribution in [-0.4, -0.2) is 76.1 Å². The van der Waals surface area contributed by atoms with E-state index < -0.39 is 22.0 Å². The summed E-state index contributed by atoms with van der Waals surface area (Å²) < 4.78 is 29.2. The first-order valence-electron chi connectivity index (χ1n) is 13.1. The Morgan fingerprint density at radius 3 is 2.63 bits per heavy atom.